The van der Waals surface area contributed by atoms with Crippen LogP contribution >= 0.6 is 0 Å². The summed E-state index contributed by atoms with van der Waals surface area (Å²) in [6, 6.07) is 0. The van der Waals surface area contributed by atoms with Gasteiger partial charge in [0.2, 0.25) is 0 Å². The molecule has 0 aliphatic rings. The summed E-state index contributed by atoms with van der Waals surface area (Å²) in [7, 11) is 1.26. The Morgan fingerprint density at radius 1 is 1.38 bits per heavy atom. The zero-order chi connectivity index (χ0) is 13.3. The fraction of sp³-hybridized carbons (Fsp3) is 0.455. The molecule has 1 atom stereocenters. The summed E-state index contributed by atoms with van der Waals surface area (Å²) in [4.78, 5) is 20.2. The van der Waals surface area contributed by atoms with E-state index in [1.165, 1.54) is 14.0 Å². The first-order valence-electron chi connectivity index (χ1n) is 4.61. The predicted octanol–water partition coefficient (Wildman–Crippen LogP) is 1.13. The Balaban J connectivity index is 0. The smallest absolute Gasteiger partial charge is 0.335 e. The summed E-state index contributed by atoms with van der Waals surface area (Å²) in [5.41, 5.74) is 0.292. The Hall–Kier alpha value is -1.62. The summed E-state index contributed by atoms with van der Waals surface area (Å²) >= 11 is 0. The highest BCUT2D eigenvalue weighted by molar-refractivity contribution is 5.88. The summed E-state index contributed by atoms with van der Waals surface area (Å²) in [5, 5.41) is 16.9. The molecule has 0 rings (SSSR count). The second-order valence-corrected chi connectivity index (χ2v) is 3.03. The highest BCUT2D eigenvalue weighted by Crippen LogP contribution is 2.04. The van der Waals surface area contributed by atoms with Gasteiger partial charge in [-0.2, -0.15) is 0 Å². The molecule has 0 aromatic rings. The van der Waals surface area contributed by atoms with Gasteiger partial charge in [0.25, 0.3) is 0 Å². The molecule has 0 aliphatic carbocycles. The third-order valence-corrected chi connectivity index (χ3v) is 1.60. The Bertz CT molecular complexity index is 268. The fourth-order valence-corrected chi connectivity index (χ4v) is 0.514. The third kappa shape index (κ3) is 7.75. The largest absolute Gasteiger partial charge is 0.478 e. The van der Waals surface area contributed by atoms with Crippen LogP contribution in [0.2, 0.25) is 0 Å². The Morgan fingerprint density at radius 3 is 1.94 bits per heavy atom. The van der Waals surface area contributed by atoms with E-state index in [0.29, 0.717) is 6.42 Å². The van der Waals surface area contributed by atoms with Crippen molar-refractivity contribution in [3.05, 3.63) is 24.3 Å². The number of esters is 1. The van der Waals surface area contributed by atoms with Crippen LogP contribution in [0.5, 0.6) is 0 Å². The van der Waals surface area contributed by atoms with Gasteiger partial charge in [-0.25, -0.2) is 9.59 Å². The van der Waals surface area contributed by atoms with Crippen LogP contribution in [0, 0.1) is 0 Å². The maximum Gasteiger partial charge on any atom is 0.335 e. The Kier molecular flexibility index (Phi) is 9.10. The van der Waals surface area contributed by atoms with Gasteiger partial charge in [0.05, 0.1) is 18.8 Å². The molecule has 0 saturated carbocycles. The second kappa shape index (κ2) is 8.67. The molecule has 0 spiro atoms. The number of carbonyl (C=O) groups excluding carboxylic acids is 1. The van der Waals surface area contributed by atoms with Crippen molar-refractivity contribution in [2.45, 2.75) is 26.4 Å². The SMILES string of the molecule is C=C(C(=O)OC)C(O)CC.C=C(C)C(=O)O. The number of carbonyl (C=O) groups is 2. The predicted molar refractivity (Wildman–Crippen MR) is 59.9 cm³/mol. The second-order valence-electron chi connectivity index (χ2n) is 3.03. The highest BCUT2D eigenvalue weighted by atomic mass is 16.5. The van der Waals surface area contributed by atoms with E-state index in [1.54, 1.807) is 6.92 Å². The minimum atomic E-state index is -0.935. The Labute approximate surface area is 95.0 Å². The standard InChI is InChI=1S/C7H12O3.C4H6O2/c1-4-6(8)5(2)7(9)10-3;1-3(2)4(5)6/h6,8H,2,4H2,1,3H3;1H2,2H3,(H,5,6). The molecule has 1 unspecified atom stereocenters. The lowest BCUT2D eigenvalue weighted by Gasteiger charge is -2.07. The fourth-order valence-electron chi connectivity index (χ4n) is 0.514. The number of carboxylic acid groups (broad SMARTS) is 1. The first-order chi connectivity index (χ1) is 7.27. The van der Waals surface area contributed by atoms with Crippen LogP contribution in [0.25, 0.3) is 0 Å². The van der Waals surface area contributed by atoms with E-state index in [4.69, 9.17) is 10.2 Å². The van der Waals surface area contributed by atoms with Crippen LogP contribution in [0.1, 0.15) is 20.3 Å². The van der Waals surface area contributed by atoms with Gasteiger partial charge in [0, 0.05) is 5.57 Å². The summed E-state index contributed by atoms with van der Waals surface area (Å²) < 4.78 is 4.34. The van der Waals surface area contributed by atoms with Gasteiger partial charge in [-0.15, -0.1) is 0 Å². The molecule has 0 aliphatic heterocycles. The van der Waals surface area contributed by atoms with Crippen LogP contribution < -0.4 is 0 Å². The van der Waals surface area contributed by atoms with Crippen molar-refractivity contribution in [3.63, 3.8) is 0 Å². The van der Waals surface area contributed by atoms with E-state index >= 15 is 0 Å². The van der Waals surface area contributed by atoms with E-state index in [-0.39, 0.29) is 11.1 Å². The number of methoxy groups -OCH3 is 1. The number of aliphatic hydroxyl groups is 1. The molecule has 0 amide bonds. The average molecular weight is 230 g/mol. The van der Waals surface area contributed by atoms with Gasteiger partial charge >= 0.3 is 11.9 Å². The third-order valence-electron chi connectivity index (χ3n) is 1.60. The number of hydrogen-bond acceptors (Lipinski definition) is 4. The molecule has 0 bridgehead atoms. The van der Waals surface area contributed by atoms with Crippen molar-refractivity contribution in [1.29, 1.82) is 0 Å². The van der Waals surface area contributed by atoms with Crippen molar-refractivity contribution >= 4 is 11.9 Å². The number of aliphatic carboxylic acids is 1. The van der Waals surface area contributed by atoms with Gasteiger partial charge in [0.1, 0.15) is 0 Å². The van der Waals surface area contributed by atoms with Crippen molar-refractivity contribution in [2.24, 2.45) is 0 Å². The minimum Gasteiger partial charge on any atom is -0.478 e. The van der Waals surface area contributed by atoms with E-state index in [0.717, 1.165) is 0 Å². The van der Waals surface area contributed by atoms with Crippen LogP contribution in [-0.4, -0.2) is 35.4 Å². The van der Waals surface area contributed by atoms with Gasteiger partial charge in [-0.05, 0) is 13.3 Å². The highest BCUT2D eigenvalue weighted by Gasteiger charge is 2.13. The van der Waals surface area contributed by atoms with E-state index in [2.05, 4.69) is 17.9 Å². The van der Waals surface area contributed by atoms with Crippen molar-refractivity contribution in [3.8, 4) is 0 Å². The van der Waals surface area contributed by atoms with E-state index in [1.807, 2.05) is 0 Å². The van der Waals surface area contributed by atoms with E-state index < -0.39 is 18.0 Å². The van der Waals surface area contributed by atoms with Gasteiger partial charge in [0.15, 0.2) is 0 Å². The Morgan fingerprint density at radius 2 is 1.75 bits per heavy atom. The minimum absolute atomic E-state index is 0.116. The van der Waals surface area contributed by atoms with E-state index in [9.17, 15) is 9.59 Å². The molecule has 0 heterocycles. The molecule has 0 saturated heterocycles. The molecular weight excluding hydrogens is 212 g/mol. The zero-order valence-corrected chi connectivity index (χ0v) is 9.82. The lowest BCUT2D eigenvalue weighted by molar-refractivity contribution is -0.137. The van der Waals surface area contributed by atoms with Crippen molar-refractivity contribution < 1.29 is 24.5 Å². The molecule has 5 nitrogen and oxygen atoms in total. The quantitative estimate of drug-likeness (QED) is 0.558. The zero-order valence-electron chi connectivity index (χ0n) is 9.82. The normalized spacial score (nSPS) is 10.5. The van der Waals surface area contributed by atoms with Crippen LogP contribution in [0.15, 0.2) is 24.3 Å². The molecule has 16 heavy (non-hydrogen) atoms. The van der Waals surface area contributed by atoms with Crippen LogP contribution in [-0.2, 0) is 14.3 Å². The lowest BCUT2D eigenvalue weighted by Crippen LogP contribution is -2.17. The molecular formula is C11H18O5. The average Bonchev–Trinajstić information content (AvgIpc) is 2.26. The molecule has 5 heteroatoms. The molecule has 0 aromatic heterocycles. The lowest BCUT2D eigenvalue weighted by atomic mass is 10.1. The molecule has 0 aromatic carbocycles. The maximum absolute atomic E-state index is 10.6. The first-order valence-corrected chi connectivity index (χ1v) is 4.61. The summed E-state index contributed by atoms with van der Waals surface area (Å²) in [6.45, 7) is 9.74. The number of carboxylic acids is 1. The summed E-state index contributed by atoms with van der Waals surface area (Å²) in [6.07, 6.45) is -0.291. The number of aliphatic hydroxyl groups excluding tert-OH is 1. The number of ether oxygens (including phenoxy) is 1. The van der Waals surface area contributed by atoms with Gasteiger partial charge in [-0.3, -0.25) is 0 Å². The molecule has 2 N–H and O–H groups in total. The van der Waals surface area contributed by atoms with Crippen LogP contribution in [0.4, 0.5) is 0 Å². The molecule has 0 radical (unpaired) electrons. The molecule has 92 valence electrons. The monoisotopic (exact) mass is 230 g/mol. The van der Waals surface area contributed by atoms with Crippen molar-refractivity contribution in [2.75, 3.05) is 7.11 Å². The topological polar surface area (TPSA) is 83.8 Å². The van der Waals surface area contributed by atoms with Crippen LogP contribution in [0.3, 0.4) is 0 Å². The first kappa shape index (κ1) is 16.8. The number of hydrogen-bond donors (Lipinski definition) is 2. The molecule has 0 fully saturated rings. The maximum atomic E-state index is 10.6. The number of rotatable bonds is 4. The van der Waals surface area contributed by atoms with Gasteiger partial charge < -0.3 is 14.9 Å². The summed E-state index contributed by atoms with van der Waals surface area (Å²) in [5.74, 6) is -1.48. The van der Waals surface area contributed by atoms with Gasteiger partial charge in [-0.1, -0.05) is 20.1 Å². The van der Waals surface area contributed by atoms with Crippen molar-refractivity contribution in [1.82, 2.24) is 0 Å².